The van der Waals surface area contributed by atoms with Crippen LogP contribution in [0.5, 0.6) is 0 Å². The minimum atomic E-state index is -4.42. The van der Waals surface area contributed by atoms with Crippen molar-refractivity contribution in [2.45, 2.75) is 18.6 Å². The molecule has 0 bridgehead atoms. The lowest BCUT2D eigenvalue weighted by Crippen LogP contribution is -2.36. The molecule has 0 spiro atoms. The topological polar surface area (TPSA) is 75.5 Å². The summed E-state index contributed by atoms with van der Waals surface area (Å²) >= 11 is 0. The summed E-state index contributed by atoms with van der Waals surface area (Å²) < 4.78 is 36.8. The molecule has 1 atom stereocenters. The van der Waals surface area contributed by atoms with Crippen molar-refractivity contribution in [1.82, 2.24) is 4.90 Å². The van der Waals surface area contributed by atoms with Gasteiger partial charge in [0.15, 0.2) is 0 Å². The number of anilines is 1. The number of halogens is 3. The van der Waals surface area contributed by atoms with Crippen LogP contribution in [-0.2, 0) is 4.79 Å². The van der Waals surface area contributed by atoms with Gasteiger partial charge in [-0.2, -0.15) is 13.2 Å². The van der Waals surface area contributed by atoms with Crippen LogP contribution in [0.15, 0.2) is 24.3 Å². The Morgan fingerprint density at radius 1 is 1.33 bits per heavy atom. The molecular formula is C12H12F3N3O3. The zero-order chi connectivity index (χ0) is 15.6. The van der Waals surface area contributed by atoms with Crippen molar-refractivity contribution in [2.24, 2.45) is 0 Å². The molecule has 1 aliphatic rings. The number of hydrogen-bond donors (Lipinski definition) is 1. The number of likely N-dealkylation sites (tertiary alicyclic amines) is 1. The predicted octanol–water partition coefficient (Wildman–Crippen LogP) is 2.17. The second kappa shape index (κ2) is 5.58. The molecule has 1 N–H and O–H groups in total. The van der Waals surface area contributed by atoms with Gasteiger partial charge < -0.3 is 10.2 Å². The molecule has 1 saturated heterocycles. The van der Waals surface area contributed by atoms with Gasteiger partial charge in [-0.25, -0.2) is 0 Å². The Kier molecular flexibility index (Phi) is 4.01. The second-order valence-electron chi connectivity index (χ2n) is 4.74. The molecule has 9 heteroatoms. The molecule has 1 heterocycles. The third-order valence-corrected chi connectivity index (χ3v) is 3.03. The zero-order valence-electron chi connectivity index (χ0n) is 10.8. The van der Waals surface area contributed by atoms with Crippen molar-refractivity contribution in [1.29, 1.82) is 0 Å². The maximum Gasteiger partial charge on any atom is 0.406 e. The normalized spacial score (nSPS) is 18.9. The number of hydrogen-bond acceptors (Lipinski definition) is 4. The Morgan fingerprint density at radius 2 is 1.95 bits per heavy atom. The quantitative estimate of drug-likeness (QED) is 0.683. The Morgan fingerprint density at radius 3 is 2.48 bits per heavy atom. The number of nitrogens with zero attached hydrogens (tertiary/aromatic N) is 2. The van der Waals surface area contributed by atoms with Gasteiger partial charge in [-0.05, 0) is 12.1 Å². The van der Waals surface area contributed by atoms with Crippen LogP contribution in [-0.4, -0.2) is 41.0 Å². The van der Waals surface area contributed by atoms with E-state index in [0.29, 0.717) is 5.69 Å². The van der Waals surface area contributed by atoms with E-state index in [-0.39, 0.29) is 18.7 Å². The Labute approximate surface area is 117 Å². The molecule has 0 saturated carbocycles. The second-order valence-corrected chi connectivity index (χ2v) is 4.74. The third kappa shape index (κ3) is 4.07. The van der Waals surface area contributed by atoms with Crippen molar-refractivity contribution in [3.05, 3.63) is 34.4 Å². The third-order valence-electron chi connectivity index (χ3n) is 3.03. The van der Waals surface area contributed by atoms with Crippen LogP contribution < -0.4 is 5.32 Å². The number of nitro benzene ring substituents is 1. The van der Waals surface area contributed by atoms with Crippen LogP contribution in [0.25, 0.3) is 0 Å². The molecular weight excluding hydrogens is 291 g/mol. The van der Waals surface area contributed by atoms with Crippen LogP contribution in [0.3, 0.4) is 0 Å². The SMILES string of the molecule is O=C1CC(Nc2ccc([N+](=O)[O-])cc2)CN1CC(F)(F)F. The highest BCUT2D eigenvalue weighted by Crippen LogP contribution is 2.23. The van der Waals surface area contributed by atoms with Crippen molar-refractivity contribution < 1.29 is 22.9 Å². The molecule has 1 fully saturated rings. The van der Waals surface area contributed by atoms with Gasteiger partial charge in [-0.15, -0.1) is 0 Å². The van der Waals surface area contributed by atoms with E-state index in [1.807, 2.05) is 0 Å². The number of rotatable bonds is 4. The van der Waals surface area contributed by atoms with Crippen molar-refractivity contribution >= 4 is 17.3 Å². The summed E-state index contributed by atoms with van der Waals surface area (Å²) in [5.74, 6) is -0.563. The molecule has 21 heavy (non-hydrogen) atoms. The highest BCUT2D eigenvalue weighted by atomic mass is 19.4. The van der Waals surface area contributed by atoms with Crippen LogP contribution in [0.4, 0.5) is 24.5 Å². The maximum absolute atomic E-state index is 12.3. The van der Waals surface area contributed by atoms with Gasteiger partial charge in [0.05, 0.1) is 11.0 Å². The van der Waals surface area contributed by atoms with E-state index in [0.717, 1.165) is 4.90 Å². The van der Waals surface area contributed by atoms with E-state index in [9.17, 15) is 28.1 Å². The molecule has 1 aromatic rings. The van der Waals surface area contributed by atoms with Crippen molar-refractivity contribution in [2.75, 3.05) is 18.4 Å². The first kappa shape index (κ1) is 15.1. The molecule has 0 radical (unpaired) electrons. The van der Waals surface area contributed by atoms with Crippen LogP contribution in [0, 0.1) is 10.1 Å². The van der Waals surface area contributed by atoms with E-state index < -0.39 is 29.6 Å². The number of carbonyl (C=O) groups is 1. The highest BCUT2D eigenvalue weighted by molar-refractivity contribution is 5.80. The molecule has 1 amide bonds. The highest BCUT2D eigenvalue weighted by Gasteiger charge is 2.38. The summed E-state index contributed by atoms with van der Waals surface area (Å²) in [4.78, 5) is 22.2. The number of benzene rings is 1. The van der Waals surface area contributed by atoms with Crippen molar-refractivity contribution in [3.63, 3.8) is 0 Å². The number of nitrogens with one attached hydrogen (secondary N) is 1. The summed E-state index contributed by atoms with van der Waals surface area (Å²) in [7, 11) is 0. The molecule has 2 rings (SSSR count). The van der Waals surface area contributed by atoms with Gasteiger partial charge in [0.1, 0.15) is 6.54 Å². The largest absolute Gasteiger partial charge is 0.406 e. The Hall–Kier alpha value is -2.32. The lowest BCUT2D eigenvalue weighted by Gasteiger charge is -2.19. The Balaban J connectivity index is 1.95. The standard InChI is InChI=1S/C12H12F3N3O3/c13-12(14,15)7-17-6-9(5-11(17)19)16-8-1-3-10(4-2-8)18(20)21/h1-4,9,16H,5-7H2. The molecule has 1 aromatic carbocycles. The minimum absolute atomic E-state index is 0.0347. The fourth-order valence-electron chi connectivity index (χ4n) is 2.15. The van der Waals surface area contributed by atoms with Gasteiger partial charge in [-0.3, -0.25) is 14.9 Å². The number of alkyl halides is 3. The fourth-order valence-corrected chi connectivity index (χ4v) is 2.15. The number of carbonyl (C=O) groups excluding carboxylic acids is 1. The molecule has 1 aliphatic heterocycles. The van der Waals surface area contributed by atoms with E-state index >= 15 is 0 Å². The van der Waals surface area contributed by atoms with Gasteiger partial charge in [0.25, 0.3) is 5.69 Å². The van der Waals surface area contributed by atoms with Gasteiger partial charge in [0.2, 0.25) is 5.91 Å². The van der Waals surface area contributed by atoms with E-state index in [1.165, 1.54) is 24.3 Å². The molecule has 0 aliphatic carbocycles. The first-order valence-corrected chi connectivity index (χ1v) is 6.10. The average Bonchev–Trinajstić information content (AvgIpc) is 2.68. The summed E-state index contributed by atoms with van der Waals surface area (Å²) in [5, 5.41) is 13.4. The molecule has 114 valence electrons. The zero-order valence-corrected chi connectivity index (χ0v) is 10.8. The average molecular weight is 303 g/mol. The smallest absolute Gasteiger partial charge is 0.380 e. The van der Waals surface area contributed by atoms with E-state index in [4.69, 9.17) is 0 Å². The summed E-state index contributed by atoms with van der Waals surface area (Å²) in [6, 6.07) is 5.03. The minimum Gasteiger partial charge on any atom is -0.380 e. The lowest BCUT2D eigenvalue weighted by molar-refractivity contribution is -0.384. The van der Waals surface area contributed by atoms with Crippen LogP contribution in [0.1, 0.15) is 6.42 Å². The summed E-state index contributed by atoms with van der Waals surface area (Å²) in [6.45, 7) is -1.31. The fraction of sp³-hybridized carbons (Fsp3) is 0.417. The maximum atomic E-state index is 12.3. The van der Waals surface area contributed by atoms with Gasteiger partial charge in [-0.1, -0.05) is 0 Å². The summed E-state index contributed by atoms with van der Waals surface area (Å²) in [5.41, 5.74) is 0.439. The first-order chi connectivity index (χ1) is 9.74. The van der Waals surface area contributed by atoms with E-state index in [2.05, 4.69) is 5.32 Å². The number of amides is 1. The molecule has 1 unspecified atom stereocenters. The van der Waals surface area contributed by atoms with Gasteiger partial charge >= 0.3 is 6.18 Å². The summed E-state index contributed by atoms with van der Waals surface area (Å²) in [6.07, 6.45) is -4.45. The predicted molar refractivity (Wildman–Crippen MR) is 67.8 cm³/mol. The Bertz CT molecular complexity index is 545. The molecule has 0 aromatic heterocycles. The lowest BCUT2D eigenvalue weighted by atomic mass is 10.2. The van der Waals surface area contributed by atoms with Crippen LogP contribution >= 0.6 is 0 Å². The van der Waals surface area contributed by atoms with Crippen LogP contribution in [0.2, 0.25) is 0 Å². The van der Waals surface area contributed by atoms with Gasteiger partial charge in [0, 0.05) is 30.8 Å². The first-order valence-electron chi connectivity index (χ1n) is 6.10. The number of nitro groups is 1. The number of non-ortho nitro benzene ring substituents is 1. The van der Waals surface area contributed by atoms with Crippen molar-refractivity contribution in [3.8, 4) is 0 Å². The monoisotopic (exact) mass is 303 g/mol. The van der Waals surface area contributed by atoms with E-state index in [1.54, 1.807) is 0 Å². The molecule has 6 nitrogen and oxygen atoms in total.